The Bertz CT molecular complexity index is 398. The molecule has 0 radical (unpaired) electrons. The minimum atomic E-state index is -0.729. The van der Waals surface area contributed by atoms with Crippen molar-refractivity contribution >= 4 is 17.7 Å². The molecular weight excluding hydrogens is 250 g/mol. The number of hydrogen-bond acceptors (Lipinski definition) is 5. The lowest BCUT2D eigenvalue weighted by atomic mass is 10.0. The molecule has 2 heterocycles. The summed E-state index contributed by atoms with van der Waals surface area (Å²) >= 11 is 0. The number of likely N-dealkylation sites (N-methyl/N-ethyl adjacent to an activating group) is 2. The van der Waals surface area contributed by atoms with Gasteiger partial charge in [-0.2, -0.15) is 0 Å². The second-order valence-corrected chi connectivity index (χ2v) is 4.86. The largest absolute Gasteiger partial charge is 0.379 e. The van der Waals surface area contributed by atoms with Crippen molar-refractivity contribution in [2.45, 2.75) is 25.4 Å². The SMILES string of the molecule is CCNC1COCC1C(=O)NC1CC(=O)N(C)C1=O. The zero-order chi connectivity index (χ0) is 14.0. The number of carbonyl (C=O) groups is 3. The van der Waals surface area contributed by atoms with Crippen LogP contribution in [-0.4, -0.2) is 61.5 Å². The van der Waals surface area contributed by atoms with Crippen LogP contribution in [0.4, 0.5) is 0 Å². The van der Waals surface area contributed by atoms with Crippen LogP contribution in [0.25, 0.3) is 0 Å². The number of imide groups is 1. The minimum Gasteiger partial charge on any atom is -0.379 e. The Morgan fingerprint density at radius 1 is 1.42 bits per heavy atom. The molecule has 3 amide bonds. The number of amides is 3. The molecule has 2 N–H and O–H groups in total. The normalized spacial score (nSPS) is 31.1. The van der Waals surface area contributed by atoms with E-state index in [1.165, 1.54) is 7.05 Å². The van der Waals surface area contributed by atoms with Gasteiger partial charge in [0.25, 0.3) is 5.91 Å². The van der Waals surface area contributed by atoms with Crippen molar-refractivity contribution in [1.29, 1.82) is 0 Å². The van der Waals surface area contributed by atoms with Crippen LogP contribution in [0.2, 0.25) is 0 Å². The third-order valence-electron chi connectivity index (χ3n) is 3.58. The first-order chi connectivity index (χ1) is 9.04. The molecule has 0 spiro atoms. The summed E-state index contributed by atoms with van der Waals surface area (Å²) in [6, 6.07) is -0.761. The summed E-state index contributed by atoms with van der Waals surface area (Å²) in [5.41, 5.74) is 0. The van der Waals surface area contributed by atoms with E-state index < -0.39 is 6.04 Å². The van der Waals surface area contributed by atoms with E-state index in [4.69, 9.17) is 4.74 Å². The fourth-order valence-electron chi connectivity index (χ4n) is 2.42. The monoisotopic (exact) mass is 269 g/mol. The lowest BCUT2D eigenvalue weighted by molar-refractivity contribution is -0.138. The lowest BCUT2D eigenvalue weighted by Crippen LogP contribution is -2.48. The third-order valence-corrected chi connectivity index (χ3v) is 3.58. The Labute approximate surface area is 111 Å². The fourth-order valence-corrected chi connectivity index (χ4v) is 2.42. The molecule has 2 saturated heterocycles. The molecule has 2 aliphatic heterocycles. The molecule has 2 aliphatic rings. The Kier molecular flexibility index (Phi) is 4.16. The van der Waals surface area contributed by atoms with E-state index in [0.717, 1.165) is 11.4 Å². The van der Waals surface area contributed by atoms with Crippen molar-refractivity contribution in [3.8, 4) is 0 Å². The third kappa shape index (κ3) is 2.76. The van der Waals surface area contributed by atoms with E-state index in [-0.39, 0.29) is 36.1 Å². The van der Waals surface area contributed by atoms with Crippen molar-refractivity contribution in [3.05, 3.63) is 0 Å². The van der Waals surface area contributed by atoms with E-state index in [1.54, 1.807) is 0 Å². The standard InChI is InChI=1S/C12H19N3O4/c1-3-13-9-6-19-5-7(9)11(17)14-8-4-10(16)15(2)12(8)18/h7-9,13H,3-6H2,1-2H3,(H,14,17). The molecule has 0 aromatic heterocycles. The van der Waals surface area contributed by atoms with Gasteiger partial charge in [0.1, 0.15) is 6.04 Å². The van der Waals surface area contributed by atoms with E-state index in [9.17, 15) is 14.4 Å². The van der Waals surface area contributed by atoms with Crippen LogP contribution >= 0.6 is 0 Å². The van der Waals surface area contributed by atoms with Gasteiger partial charge in [0.15, 0.2) is 0 Å². The Morgan fingerprint density at radius 3 is 2.74 bits per heavy atom. The summed E-state index contributed by atoms with van der Waals surface area (Å²) in [5.74, 6) is -1.16. The average Bonchev–Trinajstić information content (AvgIpc) is 2.92. The highest BCUT2D eigenvalue weighted by Gasteiger charge is 2.40. The number of carbonyl (C=O) groups excluding carboxylic acids is 3. The summed E-state index contributed by atoms with van der Waals surface area (Å²) in [6.45, 7) is 3.54. The molecule has 7 nitrogen and oxygen atoms in total. The predicted octanol–water partition coefficient (Wildman–Crippen LogP) is -1.52. The molecule has 3 unspecified atom stereocenters. The van der Waals surface area contributed by atoms with Crippen LogP contribution in [-0.2, 0) is 19.1 Å². The molecule has 2 fully saturated rings. The molecule has 7 heteroatoms. The van der Waals surface area contributed by atoms with Gasteiger partial charge in [-0.25, -0.2) is 0 Å². The predicted molar refractivity (Wildman–Crippen MR) is 66.1 cm³/mol. The number of nitrogens with one attached hydrogen (secondary N) is 2. The molecular formula is C12H19N3O4. The highest BCUT2D eigenvalue weighted by molar-refractivity contribution is 6.06. The molecule has 0 aromatic rings. The van der Waals surface area contributed by atoms with Crippen LogP contribution in [0.5, 0.6) is 0 Å². The Morgan fingerprint density at radius 2 is 2.16 bits per heavy atom. The highest BCUT2D eigenvalue weighted by atomic mass is 16.5. The van der Waals surface area contributed by atoms with Crippen LogP contribution in [0.1, 0.15) is 13.3 Å². The van der Waals surface area contributed by atoms with Crippen molar-refractivity contribution < 1.29 is 19.1 Å². The maximum Gasteiger partial charge on any atom is 0.252 e. The quantitative estimate of drug-likeness (QED) is 0.606. The van der Waals surface area contributed by atoms with Gasteiger partial charge >= 0.3 is 0 Å². The molecule has 0 bridgehead atoms. The van der Waals surface area contributed by atoms with Crippen molar-refractivity contribution in [3.63, 3.8) is 0 Å². The summed E-state index contributed by atoms with van der Waals surface area (Å²) < 4.78 is 5.29. The second kappa shape index (κ2) is 5.66. The highest BCUT2D eigenvalue weighted by Crippen LogP contribution is 2.16. The molecule has 0 aromatic carbocycles. The van der Waals surface area contributed by atoms with Crippen molar-refractivity contribution in [2.75, 3.05) is 26.8 Å². The Hall–Kier alpha value is -1.47. The van der Waals surface area contributed by atoms with Gasteiger partial charge in [0, 0.05) is 13.1 Å². The molecule has 106 valence electrons. The lowest BCUT2D eigenvalue weighted by Gasteiger charge is -2.19. The number of likely N-dealkylation sites (tertiary alicyclic amines) is 1. The molecule has 2 rings (SSSR count). The smallest absolute Gasteiger partial charge is 0.252 e. The summed E-state index contributed by atoms with van der Waals surface area (Å²) in [4.78, 5) is 36.3. The zero-order valence-electron chi connectivity index (χ0n) is 11.1. The van der Waals surface area contributed by atoms with Crippen molar-refractivity contribution in [1.82, 2.24) is 15.5 Å². The summed E-state index contributed by atoms with van der Waals surface area (Å²) in [6.07, 6.45) is 0.0422. The van der Waals surface area contributed by atoms with Crippen molar-refractivity contribution in [2.24, 2.45) is 5.92 Å². The van der Waals surface area contributed by atoms with E-state index in [2.05, 4.69) is 10.6 Å². The average molecular weight is 269 g/mol. The maximum atomic E-state index is 12.1. The van der Waals surface area contributed by atoms with E-state index in [1.807, 2.05) is 6.92 Å². The van der Waals surface area contributed by atoms with E-state index >= 15 is 0 Å². The van der Waals surface area contributed by atoms with Gasteiger partial charge in [-0.05, 0) is 6.54 Å². The number of ether oxygens (including phenoxy) is 1. The maximum absolute atomic E-state index is 12.1. The minimum absolute atomic E-state index is 0.0325. The van der Waals surface area contributed by atoms with Crippen LogP contribution in [0.3, 0.4) is 0 Å². The first-order valence-electron chi connectivity index (χ1n) is 6.46. The van der Waals surface area contributed by atoms with Gasteiger partial charge < -0.3 is 15.4 Å². The van der Waals surface area contributed by atoms with Gasteiger partial charge in [-0.15, -0.1) is 0 Å². The molecule has 19 heavy (non-hydrogen) atoms. The molecule has 0 saturated carbocycles. The van der Waals surface area contributed by atoms with Crippen LogP contribution in [0, 0.1) is 5.92 Å². The number of nitrogens with zero attached hydrogens (tertiary/aromatic N) is 1. The summed E-state index contributed by atoms with van der Waals surface area (Å²) in [5, 5.41) is 5.83. The second-order valence-electron chi connectivity index (χ2n) is 4.86. The zero-order valence-corrected chi connectivity index (χ0v) is 11.1. The molecule has 3 atom stereocenters. The first kappa shape index (κ1) is 14.0. The fraction of sp³-hybridized carbons (Fsp3) is 0.750. The van der Waals surface area contributed by atoms with Gasteiger partial charge in [0.05, 0.1) is 25.6 Å². The molecule has 0 aliphatic carbocycles. The summed E-state index contributed by atoms with van der Waals surface area (Å²) in [7, 11) is 1.43. The van der Waals surface area contributed by atoms with Crippen LogP contribution in [0.15, 0.2) is 0 Å². The Balaban J connectivity index is 1.94. The van der Waals surface area contributed by atoms with E-state index in [0.29, 0.717) is 13.2 Å². The van der Waals surface area contributed by atoms with Gasteiger partial charge in [0.2, 0.25) is 11.8 Å². The number of rotatable bonds is 4. The van der Waals surface area contributed by atoms with Gasteiger partial charge in [-0.1, -0.05) is 6.92 Å². The van der Waals surface area contributed by atoms with Gasteiger partial charge in [-0.3, -0.25) is 19.3 Å². The number of hydrogen-bond donors (Lipinski definition) is 2. The first-order valence-corrected chi connectivity index (χ1v) is 6.46. The van der Waals surface area contributed by atoms with Crippen LogP contribution < -0.4 is 10.6 Å². The topological polar surface area (TPSA) is 87.7 Å².